The van der Waals surface area contributed by atoms with Crippen LogP contribution in [-0.2, 0) is 6.42 Å². The van der Waals surface area contributed by atoms with Gasteiger partial charge in [0.1, 0.15) is 0 Å². The molecule has 1 aliphatic carbocycles. The van der Waals surface area contributed by atoms with Gasteiger partial charge in [-0.05, 0) is 63.6 Å². The minimum absolute atomic E-state index is 0.586. The summed E-state index contributed by atoms with van der Waals surface area (Å²) >= 11 is 2.01. The number of nitrogens with one attached hydrogen (secondary N) is 1. The summed E-state index contributed by atoms with van der Waals surface area (Å²) in [5.74, 6) is 0.976. The standard InChI is InChI=1S/C17H28N2S/c1-3-16-8-9-17(20-16)13(2)19(11-14-6-7-14)12-15-5-4-10-18-15/h8-9,13-15,18H,3-7,10-12H2,1-2H3. The molecule has 1 saturated carbocycles. The van der Waals surface area contributed by atoms with Crippen LogP contribution >= 0.6 is 11.3 Å². The summed E-state index contributed by atoms with van der Waals surface area (Å²) in [6, 6.07) is 5.99. The second kappa shape index (κ2) is 6.59. The molecule has 0 amide bonds. The van der Waals surface area contributed by atoms with Crippen LogP contribution in [0.15, 0.2) is 12.1 Å². The van der Waals surface area contributed by atoms with Crippen molar-refractivity contribution in [3.05, 3.63) is 21.9 Å². The van der Waals surface area contributed by atoms with E-state index in [0.29, 0.717) is 6.04 Å². The molecule has 2 aliphatic rings. The van der Waals surface area contributed by atoms with E-state index < -0.39 is 0 Å². The number of hydrogen-bond acceptors (Lipinski definition) is 3. The first-order valence-electron chi connectivity index (χ1n) is 8.32. The van der Waals surface area contributed by atoms with Crippen molar-refractivity contribution in [3.63, 3.8) is 0 Å². The average molecular weight is 292 g/mol. The Labute approximate surface area is 127 Å². The largest absolute Gasteiger partial charge is 0.313 e. The van der Waals surface area contributed by atoms with Gasteiger partial charge in [0.05, 0.1) is 0 Å². The maximum atomic E-state index is 3.67. The van der Waals surface area contributed by atoms with Crippen molar-refractivity contribution in [3.8, 4) is 0 Å². The van der Waals surface area contributed by atoms with Crippen LogP contribution in [0.5, 0.6) is 0 Å². The van der Waals surface area contributed by atoms with E-state index in [1.807, 2.05) is 11.3 Å². The summed E-state index contributed by atoms with van der Waals surface area (Å²) in [5, 5.41) is 3.67. The van der Waals surface area contributed by atoms with Gasteiger partial charge in [-0.3, -0.25) is 4.90 Å². The summed E-state index contributed by atoms with van der Waals surface area (Å²) < 4.78 is 0. The molecular formula is C17H28N2S. The molecule has 1 aliphatic heterocycles. The number of aryl methyl sites for hydroxylation is 1. The van der Waals surface area contributed by atoms with E-state index in [2.05, 4.69) is 36.2 Å². The zero-order valence-corrected chi connectivity index (χ0v) is 13.7. The van der Waals surface area contributed by atoms with Crippen LogP contribution in [0.4, 0.5) is 0 Å². The zero-order valence-electron chi connectivity index (χ0n) is 12.9. The van der Waals surface area contributed by atoms with Gasteiger partial charge >= 0.3 is 0 Å². The van der Waals surface area contributed by atoms with Crippen LogP contribution in [0.25, 0.3) is 0 Å². The van der Waals surface area contributed by atoms with Crippen molar-refractivity contribution in [2.24, 2.45) is 5.92 Å². The maximum Gasteiger partial charge on any atom is 0.0414 e. The fourth-order valence-corrected chi connectivity index (χ4v) is 4.25. The molecule has 2 atom stereocenters. The van der Waals surface area contributed by atoms with Gasteiger partial charge in [-0.1, -0.05) is 6.92 Å². The summed E-state index contributed by atoms with van der Waals surface area (Å²) in [6.07, 6.45) is 6.79. The summed E-state index contributed by atoms with van der Waals surface area (Å²) in [5.41, 5.74) is 0. The lowest BCUT2D eigenvalue weighted by Crippen LogP contribution is -2.39. The smallest absolute Gasteiger partial charge is 0.0414 e. The van der Waals surface area contributed by atoms with Crippen LogP contribution in [0.1, 0.15) is 55.3 Å². The SMILES string of the molecule is CCc1ccc(C(C)N(CC2CC2)CC2CCCN2)s1. The van der Waals surface area contributed by atoms with Crippen molar-refractivity contribution < 1.29 is 0 Å². The molecule has 1 aromatic heterocycles. The highest BCUT2D eigenvalue weighted by Gasteiger charge is 2.29. The first kappa shape index (κ1) is 14.6. The molecule has 2 unspecified atom stereocenters. The van der Waals surface area contributed by atoms with Gasteiger partial charge in [0.2, 0.25) is 0 Å². The molecular weight excluding hydrogens is 264 g/mol. The van der Waals surface area contributed by atoms with E-state index in [1.54, 1.807) is 4.88 Å². The predicted octanol–water partition coefficient (Wildman–Crippen LogP) is 3.84. The molecule has 2 heterocycles. The Bertz CT molecular complexity index is 418. The Morgan fingerprint density at radius 2 is 2.15 bits per heavy atom. The Morgan fingerprint density at radius 3 is 2.75 bits per heavy atom. The monoisotopic (exact) mass is 292 g/mol. The third-order valence-electron chi connectivity index (χ3n) is 4.80. The fourth-order valence-electron chi connectivity index (χ4n) is 3.21. The van der Waals surface area contributed by atoms with Crippen molar-refractivity contribution in [1.82, 2.24) is 10.2 Å². The van der Waals surface area contributed by atoms with Crippen LogP contribution in [-0.4, -0.2) is 30.6 Å². The zero-order chi connectivity index (χ0) is 13.9. The molecule has 20 heavy (non-hydrogen) atoms. The van der Waals surface area contributed by atoms with Gasteiger partial charge in [-0.15, -0.1) is 11.3 Å². The highest BCUT2D eigenvalue weighted by molar-refractivity contribution is 7.12. The number of hydrogen-bond donors (Lipinski definition) is 1. The van der Waals surface area contributed by atoms with Crippen LogP contribution in [0.2, 0.25) is 0 Å². The molecule has 0 radical (unpaired) electrons. The van der Waals surface area contributed by atoms with Crippen LogP contribution in [0, 0.1) is 5.92 Å². The minimum atomic E-state index is 0.586. The molecule has 3 heteroatoms. The molecule has 112 valence electrons. The van der Waals surface area contributed by atoms with Crippen molar-refractivity contribution >= 4 is 11.3 Å². The first-order valence-corrected chi connectivity index (χ1v) is 9.14. The van der Waals surface area contributed by atoms with E-state index in [-0.39, 0.29) is 0 Å². The molecule has 1 saturated heterocycles. The lowest BCUT2D eigenvalue weighted by Gasteiger charge is -2.31. The van der Waals surface area contributed by atoms with Gasteiger partial charge in [0.15, 0.2) is 0 Å². The second-order valence-electron chi connectivity index (χ2n) is 6.52. The normalized spacial score (nSPS) is 24.4. The van der Waals surface area contributed by atoms with Crippen molar-refractivity contribution in [2.75, 3.05) is 19.6 Å². The topological polar surface area (TPSA) is 15.3 Å². The quantitative estimate of drug-likeness (QED) is 0.821. The molecule has 1 N–H and O–H groups in total. The molecule has 3 rings (SSSR count). The van der Waals surface area contributed by atoms with Crippen molar-refractivity contribution in [1.29, 1.82) is 0 Å². The molecule has 1 aromatic rings. The van der Waals surface area contributed by atoms with Gasteiger partial charge in [0.25, 0.3) is 0 Å². The number of thiophene rings is 1. The van der Waals surface area contributed by atoms with Gasteiger partial charge in [0, 0.05) is 34.9 Å². The second-order valence-corrected chi connectivity index (χ2v) is 7.72. The number of nitrogens with zero attached hydrogens (tertiary/aromatic N) is 1. The Hall–Kier alpha value is -0.380. The average Bonchev–Trinajstić information content (AvgIpc) is 2.96. The molecule has 0 bridgehead atoms. The van der Waals surface area contributed by atoms with E-state index in [4.69, 9.17) is 0 Å². The highest BCUT2D eigenvalue weighted by atomic mass is 32.1. The van der Waals surface area contributed by atoms with Crippen LogP contribution in [0.3, 0.4) is 0 Å². The van der Waals surface area contributed by atoms with Gasteiger partial charge in [-0.2, -0.15) is 0 Å². The number of rotatable bonds is 7. The lowest BCUT2D eigenvalue weighted by molar-refractivity contribution is 0.186. The third kappa shape index (κ3) is 3.63. The van der Waals surface area contributed by atoms with E-state index >= 15 is 0 Å². The van der Waals surface area contributed by atoms with Gasteiger partial charge in [-0.25, -0.2) is 0 Å². The third-order valence-corrected chi connectivity index (χ3v) is 6.20. The Kier molecular flexibility index (Phi) is 4.79. The van der Waals surface area contributed by atoms with Crippen molar-refractivity contribution in [2.45, 2.75) is 58.0 Å². The van der Waals surface area contributed by atoms with E-state index in [9.17, 15) is 0 Å². The Balaban J connectivity index is 1.65. The van der Waals surface area contributed by atoms with Crippen LogP contribution < -0.4 is 5.32 Å². The Morgan fingerprint density at radius 1 is 1.30 bits per heavy atom. The molecule has 0 spiro atoms. The summed E-state index contributed by atoms with van der Waals surface area (Å²) in [7, 11) is 0. The highest BCUT2D eigenvalue weighted by Crippen LogP contribution is 2.35. The van der Waals surface area contributed by atoms with E-state index in [1.165, 1.54) is 56.6 Å². The lowest BCUT2D eigenvalue weighted by atomic mass is 10.1. The van der Waals surface area contributed by atoms with E-state index in [0.717, 1.165) is 12.0 Å². The minimum Gasteiger partial charge on any atom is -0.313 e. The maximum absolute atomic E-state index is 3.67. The van der Waals surface area contributed by atoms with Gasteiger partial charge < -0.3 is 5.32 Å². The molecule has 2 fully saturated rings. The summed E-state index contributed by atoms with van der Waals surface area (Å²) in [6.45, 7) is 8.42. The molecule has 0 aromatic carbocycles. The summed E-state index contributed by atoms with van der Waals surface area (Å²) in [4.78, 5) is 5.82. The molecule has 2 nitrogen and oxygen atoms in total. The fraction of sp³-hybridized carbons (Fsp3) is 0.765. The predicted molar refractivity (Wildman–Crippen MR) is 87.4 cm³/mol. The first-order chi connectivity index (χ1) is 9.76.